The van der Waals surface area contributed by atoms with Crippen molar-refractivity contribution in [1.29, 1.82) is 0 Å². The van der Waals surface area contributed by atoms with Crippen LogP contribution in [0.25, 0.3) is 5.76 Å². The van der Waals surface area contributed by atoms with E-state index in [9.17, 15) is 14.7 Å². The number of benzene rings is 2. The second kappa shape index (κ2) is 9.79. The molecule has 3 aromatic rings. The fraction of sp³-hybridized carbons (Fsp3) is 0.222. The maximum atomic E-state index is 13.2. The van der Waals surface area contributed by atoms with Crippen molar-refractivity contribution in [2.24, 2.45) is 0 Å². The zero-order chi connectivity index (χ0) is 24.2. The lowest BCUT2D eigenvalue weighted by atomic mass is 9.94. The van der Waals surface area contributed by atoms with E-state index in [1.165, 1.54) is 4.90 Å². The minimum atomic E-state index is -0.766. The summed E-state index contributed by atoms with van der Waals surface area (Å²) in [6.07, 6.45) is 3.30. The Kier molecular flexibility index (Phi) is 6.63. The molecule has 2 aromatic carbocycles. The molecule has 0 radical (unpaired) electrons. The molecule has 0 saturated carbocycles. The standard InChI is InChI=1S/C27H26N2O5/c1-4-34-22-12-9-20(14-17(22)2)25(30)23-24(19-7-10-21(33-3)11-8-19)29(27(32)26(23)31)16-18-6-5-13-28-15-18/h5-15,24,30H,4,16H2,1-3H3/b25-23+. The molecule has 2 heterocycles. The van der Waals surface area contributed by atoms with E-state index in [1.54, 1.807) is 68.0 Å². The summed E-state index contributed by atoms with van der Waals surface area (Å²) < 4.78 is 10.8. The number of aryl methyl sites for hydroxylation is 1. The number of ketones is 1. The highest BCUT2D eigenvalue weighted by Crippen LogP contribution is 2.41. The lowest BCUT2D eigenvalue weighted by molar-refractivity contribution is -0.140. The van der Waals surface area contributed by atoms with E-state index in [1.807, 2.05) is 19.9 Å². The Morgan fingerprint density at radius 3 is 2.50 bits per heavy atom. The average Bonchev–Trinajstić information content (AvgIpc) is 3.10. The normalized spacial score (nSPS) is 17.1. The summed E-state index contributed by atoms with van der Waals surface area (Å²) in [5, 5.41) is 11.3. The van der Waals surface area contributed by atoms with E-state index in [0.717, 1.165) is 11.1 Å². The summed E-state index contributed by atoms with van der Waals surface area (Å²) in [5.41, 5.74) is 2.77. The van der Waals surface area contributed by atoms with Gasteiger partial charge in [0.05, 0.1) is 25.3 Å². The zero-order valence-corrected chi connectivity index (χ0v) is 19.3. The van der Waals surface area contributed by atoms with Crippen molar-refractivity contribution >= 4 is 17.4 Å². The molecule has 1 saturated heterocycles. The van der Waals surface area contributed by atoms with Gasteiger partial charge in [-0.05, 0) is 66.9 Å². The minimum absolute atomic E-state index is 0.0441. The summed E-state index contributed by atoms with van der Waals surface area (Å²) in [4.78, 5) is 31.9. The number of aliphatic hydroxyl groups is 1. The SMILES string of the molecule is CCOc1ccc(/C(O)=C2\C(=O)C(=O)N(Cc3cccnc3)C2c2ccc(OC)cc2)cc1C. The Labute approximate surface area is 198 Å². The van der Waals surface area contributed by atoms with E-state index in [-0.39, 0.29) is 17.9 Å². The fourth-order valence-corrected chi connectivity index (χ4v) is 4.13. The third-order valence-electron chi connectivity index (χ3n) is 5.80. The van der Waals surface area contributed by atoms with Crippen LogP contribution in [-0.2, 0) is 16.1 Å². The summed E-state index contributed by atoms with van der Waals surface area (Å²) in [5.74, 6) is -0.278. The number of carbonyl (C=O) groups is 2. The van der Waals surface area contributed by atoms with Gasteiger partial charge in [0.25, 0.3) is 11.7 Å². The maximum absolute atomic E-state index is 13.2. The van der Waals surface area contributed by atoms with E-state index in [4.69, 9.17) is 9.47 Å². The molecule has 1 unspecified atom stereocenters. The molecule has 1 aliphatic heterocycles. The molecule has 1 aromatic heterocycles. The molecule has 0 aliphatic carbocycles. The first-order chi connectivity index (χ1) is 16.4. The minimum Gasteiger partial charge on any atom is -0.507 e. The van der Waals surface area contributed by atoms with Gasteiger partial charge in [-0.2, -0.15) is 0 Å². The van der Waals surface area contributed by atoms with Crippen molar-refractivity contribution in [3.8, 4) is 11.5 Å². The highest BCUT2D eigenvalue weighted by molar-refractivity contribution is 6.46. The van der Waals surface area contributed by atoms with Crippen molar-refractivity contribution < 1.29 is 24.2 Å². The van der Waals surface area contributed by atoms with Crippen molar-refractivity contribution in [2.45, 2.75) is 26.4 Å². The number of Topliss-reactive ketones (excluding diaryl/α,β-unsaturated/α-hetero) is 1. The Bertz CT molecular complexity index is 1240. The summed E-state index contributed by atoms with van der Waals surface area (Å²) in [6.45, 7) is 4.45. The highest BCUT2D eigenvalue weighted by atomic mass is 16.5. The summed E-state index contributed by atoms with van der Waals surface area (Å²) in [6, 6.07) is 15.2. The first-order valence-corrected chi connectivity index (χ1v) is 11.0. The Morgan fingerprint density at radius 1 is 1.12 bits per heavy atom. The number of aromatic nitrogens is 1. The third kappa shape index (κ3) is 4.37. The molecule has 1 aliphatic rings. The van der Waals surface area contributed by atoms with Gasteiger partial charge in [0.15, 0.2) is 0 Å². The number of hydrogen-bond donors (Lipinski definition) is 1. The van der Waals surface area contributed by atoms with Crippen LogP contribution in [0.3, 0.4) is 0 Å². The monoisotopic (exact) mass is 458 g/mol. The van der Waals surface area contributed by atoms with Crippen molar-refractivity contribution in [1.82, 2.24) is 9.88 Å². The van der Waals surface area contributed by atoms with Crippen LogP contribution in [0, 0.1) is 6.92 Å². The molecule has 1 amide bonds. The van der Waals surface area contributed by atoms with Gasteiger partial charge in [0.2, 0.25) is 0 Å². The van der Waals surface area contributed by atoms with Gasteiger partial charge in [-0.15, -0.1) is 0 Å². The molecular weight excluding hydrogens is 432 g/mol. The molecule has 0 bridgehead atoms. The van der Waals surface area contributed by atoms with Crippen LogP contribution in [0.2, 0.25) is 0 Å². The van der Waals surface area contributed by atoms with Crippen LogP contribution < -0.4 is 9.47 Å². The number of likely N-dealkylation sites (tertiary alicyclic amines) is 1. The Hall–Kier alpha value is -4.13. The van der Waals surface area contributed by atoms with Crippen LogP contribution in [0.15, 0.2) is 72.6 Å². The summed E-state index contributed by atoms with van der Waals surface area (Å²) in [7, 11) is 1.57. The number of amides is 1. The first-order valence-electron chi connectivity index (χ1n) is 11.0. The van der Waals surface area contributed by atoms with Gasteiger partial charge < -0.3 is 19.5 Å². The molecule has 0 spiro atoms. The number of aliphatic hydroxyl groups excluding tert-OH is 1. The molecular formula is C27H26N2O5. The topological polar surface area (TPSA) is 89.0 Å². The molecule has 1 atom stereocenters. The zero-order valence-electron chi connectivity index (χ0n) is 19.3. The predicted molar refractivity (Wildman–Crippen MR) is 127 cm³/mol. The van der Waals surface area contributed by atoms with Gasteiger partial charge >= 0.3 is 0 Å². The maximum Gasteiger partial charge on any atom is 0.295 e. The number of rotatable bonds is 7. The third-order valence-corrected chi connectivity index (χ3v) is 5.80. The van der Waals surface area contributed by atoms with Crippen molar-refractivity contribution in [3.05, 3.63) is 94.8 Å². The number of methoxy groups -OCH3 is 1. The number of ether oxygens (including phenoxy) is 2. The molecule has 4 rings (SSSR count). The number of hydrogen-bond acceptors (Lipinski definition) is 6. The first kappa shape index (κ1) is 23.0. The Balaban J connectivity index is 1.83. The van der Waals surface area contributed by atoms with Crippen LogP contribution in [-0.4, -0.2) is 40.4 Å². The molecule has 1 N–H and O–H groups in total. The van der Waals surface area contributed by atoms with Gasteiger partial charge in [-0.3, -0.25) is 14.6 Å². The lowest BCUT2D eigenvalue weighted by Gasteiger charge is -2.25. The van der Waals surface area contributed by atoms with E-state index in [2.05, 4.69) is 4.98 Å². The van der Waals surface area contributed by atoms with E-state index in [0.29, 0.717) is 29.2 Å². The Morgan fingerprint density at radius 2 is 1.88 bits per heavy atom. The van der Waals surface area contributed by atoms with Crippen LogP contribution in [0.4, 0.5) is 0 Å². The van der Waals surface area contributed by atoms with Crippen LogP contribution in [0.1, 0.15) is 35.2 Å². The summed E-state index contributed by atoms with van der Waals surface area (Å²) >= 11 is 0. The predicted octanol–water partition coefficient (Wildman–Crippen LogP) is 4.42. The molecule has 174 valence electrons. The lowest BCUT2D eigenvalue weighted by Crippen LogP contribution is -2.29. The van der Waals surface area contributed by atoms with Crippen LogP contribution in [0.5, 0.6) is 11.5 Å². The van der Waals surface area contributed by atoms with Gasteiger partial charge in [-0.25, -0.2) is 0 Å². The second-order valence-electron chi connectivity index (χ2n) is 7.97. The van der Waals surface area contributed by atoms with Gasteiger partial charge in [-0.1, -0.05) is 18.2 Å². The van der Waals surface area contributed by atoms with Gasteiger partial charge in [0, 0.05) is 24.5 Å². The largest absolute Gasteiger partial charge is 0.507 e. The van der Waals surface area contributed by atoms with Crippen LogP contribution >= 0.6 is 0 Å². The highest BCUT2D eigenvalue weighted by Gasteiger charge is 2.46. The second-order valence-corrected chi connectivity index (χ2v) is 7.97. The number of nitrogens with zero attached hydrogens (tertiary/aromatic N) is 2. The molecule has 34 heavy (non-hydrogen) atoms. The molecule has 7 nitrogen and oxygen atoms in total. The van der Waals surface area contributed by atoms with Gasteiger partial charge in [0.1, 0.15) is 17.3 Å². The molecule has 7 heteroatoms. The average molecular weight is 459 g/mol. The number of carbonyl (C=O) groups excluding carboxylic acids is 2. The molecule has 1 fully saturated rings. The quantitative estimate of drug-likeness (QED) is 0.320. The van der Waals surface area contributed by atoms with E-state index >= 15 is 0 Å². The van der Waals surface area contributed by atoms with Crippen molar-refractivity contribution in [2.75, 3.05) is 13.7 Å². The fourth-order valence-electron chi connectivity index (χ4n) is 4.13. The van der Waals surface area contributed by atoms with E-state index < -0.39 is 17.7 Å². The smallest absolute Gasteiger partial charge is 0.295 e. The van der Waals surface area contributed by atoms with Crippen molar-refractivity contribution in [3.63, 3.8) is 0 Å². The number of pyridine rings is 1.